The van der Waals surface area contributed by atoms with Crippen molar-refractivity contribution in [2.75, 3.05) is 6.26 Å². The van der Waals surface area contributed by atoms with Crippen LogP contribution in [-0.2, 0) is 0 Å². The summed E-state index contributed by atoms with van der Waals surface area (Å²) in [7, 11) is 0. The summed E-state index contributed by atoms with van der Waals surface area (Å²) in [5.74, 6) is -1.74. The van der Waals surface area contributed by atoms with Crippen molar-refractivity contribution in [1.82, 2.24) is 0 Å². The maximum absolute atomic E-state index is 13.1. The van der Waals surface area contributed by atoms with Gasteiger partial charge in [0.2, 0.25) is 0 Å². The monoisotopic (exact) mass is 284 g/mol. The van der Waals surface area contributed by atoms with Crippen LogP contribution >= 0.6 is 23.4 Å². The number of rotatable bonds is 3. The zero-order valence-electron chi connectivity index (χ0n) is 9.66. The molecule has 0 N–H and O–H groups in total. The zero-order valence-corrected chi connectivity index (χ0v) is 11.2. The summed E-state index contributed by atoms with van der Waals surface area (Å²) in [6.45, 7) is 0. The molecule has 2 rings (SSSR count). The van der Waals surface area contributed by atoms with Crippen LogP contribution in [0.1, 0.15) is 16.5 Å². The van der Waals surface area contributed by atoms with Crippen molar-refractivity contribution in [3.8, 4) is 0 Å². The summed E-state index contributed by atoms with van der Waals surface area (Å²) >= 11 is 7.89. The van der Waals surface area contributed by atoms with Crippen LogP contribution in [0.25, 0.3) is 0 Å². The van der Waals surface area contributed by atoms with E-state index in [-0.39, 0.29) is 0 Å². The molecule has 1 atom stereocenters. The van der Waals surface area contributed by atoms with Gasteiger partial charge in [-0.3, -0.25) is 0 Å². The van der Waals surface area contributed by atoms with Crippen LogP contribution in [0.15, 0.2) is 47.4 Å². The van der Waals surface area contributed by atoms with Gasteiger partial charge in [-0.15, -0.1) is 23.4 Å². The van der Waals surface area contributed by atoms with E-state index in [0.717, 1.165) is 22.6 Å². The first-order chi connectivity index (χ1) is 8.61. The summed E-state index contributed by atoms with van der Waals surface area (Å²) in [6.07, 6.45) is 1.99. The molecule has 0 aliphatic rings. The Hall–Kier alpha value is -1.06. The van der Waals surface area contributed by atoms with Gasteiger partial charge in [0.1, 0.15) is 0 Å². The first-order valence-electron chi connectivity index (χ1n) is 5.35. The summed E-state index contributed by atoms with van der Waals surface area (Å²) in [5.41, 5.74) is 1.41. The maximum Gasteiger partial charge on any atom is 0.159 e. The summed E-state index contributed by atoms with van der Waals surface area (Å²) in [4.78, 5) is 1.13. The molecule has 4 heteroatoms. The van der Waals surface area contributed by atoms with Crippen molar-refractivity contribution in [3.05, 3.63) is 65.2 Å². The molecule has 0 saturated carbocycles. The van der Waals surface area contributed by atoms with Gasteiger partial charge >= 0.3 is 0 Å². The Labute approximate surface area is 114 Å². The van der Waals surface area contributed by atoms with E-state index in [1.54, 1.807) is 11.8 Å². The summed E-state index contributed by atoms with van der Waals surface area (Å²) in [6, 6.07) is 11.4. The molecule has 1 unspecified atom stereocenters. The molecule has 0 aromatic heterocycles. The fourth-order valence-corrected chi connectivity index (χ4v) is 2.32. The van der Waals surface area contributed by atoms with E-state index < -0.39 is 17.0 Å². The zero-order chi connectivity index (χ0) is 13.1. The second kappa shape index (κ2) is 5.72. The van der Waals surface area contributed by atoms with Crippen molar-refractivity contribution in [1.29, 1.82) is 0 Å². The van der Waals surface area contributed by atoms with Crippen LogP contribution in [0.5, 0.6) is 0 Å². The number of hydrogen-bond donors (Lipinski definition) is 0. The lowest BCUT2D eigenvalue weighted by Crippen LogP contribution is -1.95. The van der Waals surface area contributed by atoms with E-state index in [1.165, 1.54) is 6.07 Å². The Morgan fingerprint density at radius 2 is 1.56 bits per heavy atom. The van der Waals surface area contributed by atoms with Gasteiger partial charge in [-0.25, -0.2) is 8.78 Å². The molecule has 0 nitrogen and oxygen atoms in total. The van der Waals surface area contributed by atoms with Crippen molar-refractivity contribution in [2.24, 2.45) is 0 Å². The molecular formula is C14H11ClF2S. The van der Waals surface area contributed by atoms with E-state index in [1.807, 2.05) is 30.5 Å². The SMILES string of the molecule is CSc1ccc(C(Cl)c2ccc(F)c(F)c2)cc1. The van der Waals surface area contributed by atoms with Crippen LogP contribution in [0, 0.1) is 11.6 Å². The van der Waals surface area contributed by atoms with Gasteiger partial charge in [-0.1, -0.05) is 18.2 Å². The van der Waals surface area contributed by atoms with E-state index in [0.29, 0.717) is 5.56 Å². The molecule has 0 aliphatic carbocycles. The summed E-state index contributed by atoms with van der Waals surface area (Å²) < 4.78 is 26.0. The molecule has 0 radical (unpaired) electrons. The highest BCUT2D eigenvalue weighted by Crippen LogP contribution is 2.30. The standard InChI is InChI=1S/C14H11ClF2S/c1-18-11-5-2-9(3-6-11)14(15)10-4-7-12(16)13(17)8-10/h2-8,14H,1H3. The predicted octanol–water partition coefficient (Wildman–Crippen LogP) is 5.01. The first kappa shape index (κ1) is 13.4. The average molecular weight is 285 g/mol. The van der Waals surface area contributed by atoms with Crippen molar-refractivity contribution >= 4 is 23.4 Å². The molecule has 0 bridgehead atoms. The molecule has 0 heterocycles. The Morgan fingerprint density at radius 1 is 0.944 bits per heavy atom. The molecule has 0 aliphatic heterocycles. The number of benzene rings is 2. The topological polar surface area (TPSA) is 0 Å². The number of halogens is 3. The minimum atomic E-state index is -0.876. The molecule has 0 saturated heterocycles. The normalized spacial score (nSPS) is 12.4. The third kappa shape index (κ3) is 2.85. The van der Waals surface area contributed by atoms with Crippen molar-refractivity contribution in [2.45, 2.75) is 10.3 Å². The minimum absolute atomic E-state index is 0.476. The third-order valence-electron chi connectivity index (χ3n) is 2.64. The highest BCUT2D eigenvalue weighted by molar-refractivity contribution is 7.98. The number of alkyl halides is 1. The fraction of sp³-hybridized carbons (Fsp3) is 0.143. The molecule has 0 spiro atoms. The quantitative estimate of drug-likeness (QED) is 0.564. The third-order valence-corrected chi connectivity index (χ3v) is 3.89. The second-order valence-electron chi connectivity index (χ2n) is 3.81. The Balaban J connectivity index is 2.28. The predicted molar refractivity (Wildman–Crippen MR) is 72.3 cm³/mol. The van der Waals surface area contributed by atoms with Crippen LogP contribution in [0.4, 0.5) is 8.78 Å². The molecule has 2 aromatic carbocycles. The van der Waals surface area contributed by atoms with Gasteiger partial charge in [-0.2, -0.15) is 0 Å². The van der Waals surface area contributed by atoms with Crippen molar-refractivity contribution < 1.29 is 8.78 Å². The Bertz CT molecular complexity index is 540. The smallest absolute Gasteiger partial charge is 0.159 e. The lowest BCUT2D eigenvalue weighted by molar-refractivity contribution is 0.507. The lowest BCUT2D eigenvalue weighted by Gasteiger charge is -2.11. The highest BCUT2D eigenvalue weighted by atomic mass is 35.5. The van der Waals surface area contributed by atoms with E-state index in [9.17, 15) is 8.78 Å². The molecular weight excluding hydrogens is 274 g/mol. The summed E-state index contributed by atoms with van der Waals surface area (Å²) in [5, 5.41) is -0.476. The van der Waals surface area contributed by atoms with Crippen LogP contribution in [0.2, 0.25) is 0 Å². The van der Waals surface area contributed by atoms with Crippen molar-refractivity contribution in [3.63, 3.8) is 0 Å². The van der Waals surface area contributed by atoms with E-state index >= 15 is 0 Å². The second-order valence-corrected chi connectivity index (χ2v) is 5.13. The molecule has 0 amide bonds. The van der Waals surface area contributed by atoms with Gasteiger partial charge in [0.15, 0.2) is 11.6 Å². The van der Waals surface area contributed by atoms with Crippen LogP contribution in [0.3, 0.4) is 0 Å². The van der Waals surface area contributed by atoms with E-state index in [4.69, 9.17) is 11.6 Å². The molecule has 0 fully saturated rings. The Kier molecular flexibility index (Phi) is 4.25. The maximum atomic E-state index is 13.1. The van der Waals surface area contributed by atoms with Gasteiger partial charge in [0, 0.05) is 4.90 Å². The minimum Gasteiger partial charge on any atom is -0.204 e. The molecule has 2 aromatic rings. The lowest BCUT2D eigenvalue weighted by atomic mass is 10.0. The number of hydrogen-bond acceptors (Lipinski definition) is 1. The van der Waals surface area contributed by atoms with Crippen LogP contribution < -0.4 is 0 Å². The van der Waals surface area contributed by atoms with Gasteiger partial charge in [0.05, 0.1) is 5.38 Å². The van der Waals surface area contributed by atoms with E-state index in [2.05, 4.69) is 0 Å². The molecule has 18 heavy (non-hydrogen) atoms. The Morgan fingerprint density at radius 3 is 2.11 bits per heavy atom. The van der Waals surface area contributed by atoms with Gasteiger partial charge in [-0.05, 0) is 41.6 Å². The van der Waals surface area contributed by atoms with Gasteiger partial charge < -0.3 is 0 Å². The number of thioether (sulfide) groups is 1. The first-order valence-corrected chi connectivity index (χ1v) is 7.01. The molecule has 94 valence electrons. The van der Waals surface area contributed by atoms with Crippen LogP contribution in [-0.4, -0.2) is 6.26 Å². The average Bonchev–Trinajstić information content (AvgIpc) is 2.41. The largest absolute Gasteiger partial charge is 0.204 e. The highest BCUT2D eigenvalue weighted by Gasteiger charge is 2.13. The van der Waals surface area contributed by atoms with Gasteiger partial charge in [0.25, 0.3) is 0 Å². The fourth-order valence-electron chi connectivity index (χ4n) is 1.64.